The lowest BCUT2D eigenvalue weighted by molar-refractivity contribution is 0.316. The normalized spacial score (nSPS) is 25.0. The lowest BCUT2D eigenvalue weighted by atomic mass is 9.86. The highest BCUT2D eigenvalue weighted by Crippen LogP contribution is 2.28. The van der Waals surface area contributed by atoms with Crippen LogP contribution >= 0.6 is 35.7 Å². The molecular formula is C15H31IN4O2S2. The van der Waals surface area contributed by atoms with E-state index in [-0.39, 0.29) is 29.7 Å². The Balaban J connectivity index is 0.00000288. The van der Waals surface area contributed by atoms with E-state index in [2.05, 4.69) is 26.6 Å². The minimum Gasteiger partial charge on any atom is -0.355 e. The van der Waals surface area contributed by atoms with Gasteiger partial charge in [0.25, 0.3) is 0 Å². The van der Waals surface area contributed by atoms with Gasteiger partial charge in [-0.2, -0.15) is 11.8 Å². The summed E-state index contributed by atoms with van der Waals surface area (Å²) in [4.78, 5) is 4.19. The lowest BCUT2D eigenvalue weighted by Crippen LogP contribution is -2.45. The Morgan fingerprint density at radius 3 is 2.54 bits per heavy atom. The van der Waals surface area contributed by atoms with Gasteiger partial charge >= 0.3 is 0 Å². The van der Waals surface area contributed by atoms with Gasteiger partial charge in [0, 0.05) is 31.4 Å². The van der Waals surface area contributed by atoms with E-state index in [1.54, 1.807) is 7.05 Å². The Labute approximate surface area is 167 Å². The Kier molecular flexibility index (Phi) is 10.3. The van der Waals surface area contributed by atoms with Crippen molar-refractivity contribution in [2.45, 2.75) is 49.8 Å². The van der Waals surface area contributed by atoms with Crippen LogP contribution in [0, 0.1) is 5.92 Å². The zero-order valence-electron chi connectivity index (χ0n) is 14.6. The van der Waals surface area contributed by atoms with Crippen molar-refractivity contribution in [2.75, 3.05) is 32.1 Å². The van der Waals surface area contributed by atoms with Crippen molar-refractivity contribution in [3.63, 3.8) is 0 Å². The van der Waals surface area contributed by atoms with E-state index in [1.165, 1.54) is 12.8 Å². The van der Waals surface area contributed by atoms with Gasteiger partial charge in [0.05, 0.1) is 5.75 Å². The molecule has 0 bridgehead atoms. The van der Waals surface area contributed by atoms with Gasteiger partial charge in [-0.1, -0.05) is 6.42 Å². The Morgan fingerprint density at radius 1 is 1.25 bits per heavy atom. The molecule has 0 aliphatic heterocycles. The first-order valence-corrected chi connectivity index (χ1v) is 11.4. The van der Waals surface area contributed by atoms with Gasteiger partial charge in [0.2, 0.25) is 10.0 Å². The number of sulfonamides is 1. The maximum absolute atomic E-state index is 12.0. The van der Waals surface area contributed by atoms with Gasteiger partial charge in [-0.3, -0.25) is 4.99 Å². The van der Waals surface area contributed by atoms with Crippen LogP contribution in [-0.4, -0.2) is 57.8 Å². The van der Waals surface area contributed by atoms with E-state index in [0.29, 0.717) is 31.0 Å². The van der Waals surface area contributed by atoms with E-state index < -0.39 is 10.0 Å². The molecule has 24 heavy (non-hydrogen) atoms. The van der Waals surface area contributed by atoms with Crippen LogP contribution in [0.4, 0.5) is 0 Å². The maximum atomic E-state index is 12.0. The molecule has 6 nitrogen and oxygen atoms in total. The van der Waals surface area contributed by atoms with Crippen molar-refractivity contribution < 1.29 is 8.42 Å². The second kappa shape index (κ2) is 11.1. The molecular weight excluding hydrogens is 459 g/mol. The minimum absolute atomic E-state index is 0. The standard InChI is InChI=1S/C15H30N4O2S2.HI/c1-16-15(19-13-6-7-14(10-13)22-2)17-8-9-23(20,21)18-11-12-4-3-5-12;/h12-14,18H,3-11H2,1-2H3,(H2,16,17,19);1H. The summed E-state index contributed by atoms with van der Waals surface area (Å²) < 4.78 is 26.6. The predicted molar refractivity (Wildman–Crippen MR) is 114 cm³/mol. The second-order valence-corrected chi connectivity index (χ2v) is 9.54. The third kappa shape index (κ3) is 7.65. The fourth-order valence-electron chi connectivity index (χ4n) is 2.99. The largest absolute Gasteiger partial charge is 0.355 e. The molecule has 2 saturated carbocycles. The van der Waals surface area contributed by atoms with Crippen molar-refractivity contribution in [1.82, 2.24) is 15.4 Å². The molecule has 2 aliphatic rings. The molecule has 0 spiro atoms. The number of aliphatic imine (C=N–C) groups is 1. The van der Waals surface area contributed by atoms with Crippen molar-refractivity contribution in [2.24, 2.45) is 10.9 Å². The van der Waals surface area contributed by atoms with Crippen LogP contribution in [0.3, 0.4) is 0 Å². The van der Waals surface area contributed by atoms with Crippen molar-refractivity contribution in [1.29, 1.82) is 0 Å². The molecule has 2 unspecified atom stereocenters. The van der Waals surface area contributed by atoms with Crippen LogP contribution in [0.2, 0.25) is 0 Å². The van der Waals surface area contributed by atoms with Crippen LogP contribution < -0.4 is 15.4 Å². The summed E-state index contributed by atoms with van der Waals surface area (Å²) in [7, 11) is -1.47. The molecule has 0 aromatic carbocycles. The van der Waals surface area contributed by atoms with Crippen LogP contribution in [0.5, 0.6) is 0 Å². The fraction of sp³-hybridized carbons (Fsp3) is 0.933. The Hall–Kier alpha value is 0.260. The molecule has 0 heterocycles. The number of hydrogen-bond donors (Lipinski definition) is 3. The highest BCUT2D eigenvalue weighted by atomic mass is 127. The van der Waals surface area contributed by atoms with E-state index in [4.69, 9.17) is 0 Å². The smallest absolute Gasteiger partial charge is 0.213 e. The Bertz CT molecular complexity index is 498. The molecule has 142 valence electrons. The number of halogens is 1. The number of hydrogen-bond acceptors (Lipinski definition) is 4. The van der Waals surface area contributed by atoms with E-state index in [9.17, 15) is 8.42 Å². The predicted octanol–water partition coefficient (Wildman–Crippen LogP) is 1.77. The molecule has 0 aromatic heterocycles. The van der Waals surface area contributed by atoms with Gasteiger partial charge < -0.3 is 10.6 Å². The molecule has 0 radical (unpaired) electrons. The second-order valence-electron chi connectivity index (χ2n) is 6.48. The van der Waals surface area contributed by atoms with Crippen molar-refractivity contribution >= 4 is 51.7 Å². The summed E-state index contributed by atoms with van der Waals surface area (Å²) >= 11 is 1.92. The molecule has 2 fully saturated rings. The van der Waals surface area contributed by atoms with Gasteiger partial charge in [-0.15, -0.1) is 24.0 Å². The van der Waals surface area contributed by atoms with E-state index in [0.717, 1.165) is 30.9 Å². The molecule has 2 rings (SSSR count). The van der Waals surface area contributed by atoms with Gasteiger partial charge in [0.1, 0.15) is 0 Å². The van der Waals surface area contributed by atoms with Crippen molar-refractivity contribution in [3.8, 4) is 0 Å². The quantitative estimate of drug-likeness (QED) is 0.275. The summed E-state index contributed by atoms with van der Waals surface area (Å²) in [5, 5.41) is 7.23. The van der Waals surface area contributed by atoms with Gasteiger partial charge in [-0.05, 0) is 44.3 Å². The van der Waals surface area contributed by atoms with Crippen molar-refractivity contribution in [3.05, 3.63) is 0 Å². The summed E-state index contributed by atoms with van der Waals surface area (Å²) in [6.45, 7) is 0.964. The lowest BCUT2D eigenvalue weighted by Gasteiger charge is -2.25. The topological polar surface area (TPSA) is 82.6 Å². The summed E-state index contributed by atoms with van der Waals surface area (Å²) in [6, 6.07) is 0.437. The summed E-state index contributed by atoms with van der Waals surface area (Å²) in [5.41, 5.74) is 0. The summed E-state index contributed by atoms with van der Waals surface area (Å²) in [6.07, 6.45) is 9.20. The monoisotopic (exact) mass is 490 g/mol. The maximum Gasteiger partial charge on any atom is 0.213 e. The number of guanidine groups is 1. The van der Waals surface area contributed by atoms with Gasteiger partial charge in [-0.25, -0.2) is 13.1 Å². The molecule has 2 aliphatic carbocycles. The highest BCUT2D eigenvalue weighted by molar-refractivity contribution is 14.0. The third-order valence-corrected chi connectivity index (χ3v) is 7.21. The Morgan fingerprint density at radius 2 is 2.00 bits per heavy atom. The molecule has 0 amide bonds. The zero-order chi connectivity index (χ0) is 16.7. The van der Waals surface area contributed by atoms with Crippen LogP contribution in [-0.2, 0) is 10.0 Å². The third-order valence-electron chi connectivity index (χ3n) is 4.76. The highest BCUT2D eigenvalue weighted by Gasteiger charge is 2.24. The molecule has 2 atom stereocenters. The number of nitrogens with zero attached hydrogens (tertiary/aromatic N) is 1. The first-order chi connectivity index (χ1) is 11.0. The van der Waals surface area contributed by atoms with E-state index >= 15 is 0 Å². The zero-order valence-corrected chi connectivity index (χ0v) is 18.5. The SMILES string of the molecule is CN=C(NCCS(=O)(=O)NCC1CCC1)NC1CCC(SC)C1.I. The first kappa shape index (κ1) is 22.3. The van der Waals surface area contributed by atoms with Crippen LogP contribution in [0.25, 0.3) is 0 Å². The minimum atomic E-state index is -3.20. The molecule has 0 saturated heterocycles. The number of thioether (sulfide) groups is 1. The average Bonchev–Trinajstić information content (AvgIpc) is 2.92. The number of nitrogens with one attached hydrogen (secondary N) is 3. The van der Waals surface area contributed by atoms with Gasteiger partial charge in [0.15, 0.2) is 5.96 Å². The molecule has 9 heteroatoms. The van der Waals surface area contributed by atoms with Crippen LogP contribution in [0.15, 0.2) is 4.99 Å². The molecule has 0 aromatic rings. The summed E-state index contributed by atoms with van der Waals surface area (Å²) in [5.74, 6) is 1.32. The molecule has 3 N–H and O–H groups in total. The first-order valence-electron chi connectivity index (χ1n) is 8.49. The van der Waals surface area contributed by atoms with E-state index in [1.807, 2.05) is 11.8 Å². The number of rotatable bonds is 8. The fourth-order valence-corrected chi connectivity index (χ4v) is 4.79. The average molecular weight is 490 g/mol. The van der Waals surface area contributed by atoms with Crippen LogP contribution in [0.1, 0.15) is 38.5 Å².